The predicted octanol–water partition coefficient (Wildman–Crippen LogP) is 0.683. The average Bonchev–Trinajstić information content (AvgIpc) is 2.82. The fourth-order valence-corrected chi connectivity index (χ4v) is 2.39. The van der Waals surface area contributed by atoms with E-state index in [0.29, 0.717) is 25.2 Å². The number of carbonyl (C=O) groups excluding carboxylic acids is 1. The zero-order chi connectivity index (χ0) is 13.8. The van der Waals surface area contributed by atoms with E-state index >= 15 is 0 Å². The Kier molecular flexibility index (Phi) is 4.39. The highest BCUT2D eigenvalue weighted by atomic mass is 16.5. The average molecular weight is 264 g/mol. The molecule has 1 saturated heterocycles. The quantitative estimate of drug-likeness (QED) is 0.812. The van der Waals surface area contributed by atoms with Crippen LogP contribution in [0, 0.1) is 0 Å². The Hall–Kier alpha value is -1.59. The second kappa shape index (κ2) is 6.04. The first-order valence-electron chi connectivity index (χ1n) is 6.32. The summed E-state index contributed by atoms with van der Waals surface area (Å²) in [6.45, 7) is 1.16. The first-order valence-corrected chi connectivity index (χ1v) is 6.32. The number of benzene rings is 1. The first-order chi connectivity index (χ1) is 9.13. The molecule has 1 aliphatic heterocycles. The highest BCUT2D eigenvalue weighted by Crippen LogP contribution is 2.17. The molecule has 2 atom stereocenters. The summed E-state index contributed by atoms with van der Waals surface area (Å²) in [6.07, 6.45) is 0.266. The number of nitrogens with zero attached hydrogens (tertiary/aromatic N) is 1. The van der Waals surface area contributed by atoms with E-state index in [1.54, 1.807) is 19.1 Å². The standard InChI is InChI=1S/C14H20N2O3/c1-18-12-8-16(9-13(12)19-2)14(17)7-10-4-3-5-11(15)6-10/h3-6,12-13H,7-9,15H2,1-2H3. The lowest BCUT2D eigenvalue weighted by atomic mass is 10.1. The summed E-state index contributed by atoms with van der Waals surface area (Å²) in [5, 5.41) is 0. The molecule has 0 aromatic heterocycles. The maximum absolute atomic E-state index is 12.2. The van der Waals surface area contributed by atoms with E-state index in [9.17, 15) is 4.79 Å². The fourth-order valence-electron chi connectivity index (χ4n) is 2.39. The van der Waals surface area contributed by atoms with Crippen LogP contribution in [0.4, 0.5) is 5.69 Å². The predicted molar refractivity (Wildman–Crippen MR) is 72.7 cm³/mol. The Labute approximate surface area is 113 Å². The molecule has 1 heterocycles. The van der Waals surface area contributed by atoms with Crippen LogP contribution in [0.15, 0.2) is 24.3 Å². The Morgan fingerprint density at radius 3 is 2.47 bits per heavy atom. The second-order valence-electron chi connectivity index (χ2n) is 4.77. The van der Waals surface area contributed by atoms with Crippen molar-refractivity contribution in [2.75, 3.05) is 33.0 Å². The SMILES string of the molecule is COC1CN(C(=O)Cc2cccc(N)c2)CC1OC. The van der Waals surface area contributed by atoms with Crippen molar-refractivity contribution in [3.8, 4) is 0 Å². The highest BCUT2D eigenvalue weighted by Gasteiger charge is 2.35. The molecular weight excluding hydrogens is 244 g/mol. The largest absolute Gasteiger partial charge is 0.399 e. The van der Waals surface area contributed by atoms with Gasteiger partial charge in [0.1, 0.15) is 12.2 Å². The third-order valence-electron chi connectivity index (χ3n) is 3.48. The van der Waals surface area contributed by atoms with Gasteiger partial charge in [-0.2, -0.15) is 0 Å². The number of likely N-dealkylation sites (tertiary alicyclic amines) is 1. The molecule has 0 aliphatic carbocycles. The molecule has 5 heteroatoms. The highest BCUT2D eigenvalue weighted by molar-refractivity contribution is 5.79. The number of hydrogen-bond donors (Lipinski definition) is 1. The van der Waals surface area contributed by atoms with Gasteiger partial charge in [0.25, 0.3) is 0 Å². The smallest absolute Gasteiger partial charge is 0.227 e. The van der Waals surface area contributed by atoms with Crippen molar-refractivity contribution in [3.63, 3.8) is 0 Å². The zero-order valence-electron chi connectivity index (χ0n) is 11.3. The zero-order valence-corrected chi connectivity index (χ0v) is 11.3. The summed E-state index contributed by atoms with van der Waals surface area (Å²) >= 11 is 0. The minimum Gasteiger partial charge on any atom is -0.399 e. The molecule has 1 aromatic rings. The molecule has 104 valence electrons. The van der Waals surface area contributed by atoms with Gasteiger partial charge in [-0.3, -0.25) is 4.79 Å². The number of carbonyl (C=O) groups is 1. The van der Waals surface area contributed by atoms with Gasteiger partial charge in [0.05, 0.1) is 6.42 Å². The number of ether oxygens (including phenoxy) is 2. The maximum atomic E-state index is 12.2. The molecule has 1 aliphatic rings. The monoisotopic (exact) mass is 264 g/mol. The third kappa shape index (κ3) is 3.24. The Bertz CT molecular complexity index is 438. The molecule has 5 nitrogen and oxygen atoms in total. The Morgan fingerprint density at radius 2 is 1.95 bits per heavy atom. The second-order valence-corrected chi connectivity index (χ2v) is 4.77. The summed E-state index contributed by atoms with van der Waals surface area (Å²) in [5.41, 5.74) is 7.32. The van der Waals surface area contributed by atoms with E-state index in [-0.39, 0.29) is 18.1 Å². The molecule has 1 fully saturated rings. The fraction of sp³-hybridized carbons (Fsp3) is 0.500. The minimum absolute atomic E-state index is 0.0465. The van der Waals surface area contributed by atoms with Crippen molar-refractivity contribution in [3.05, 3.63) is 29.8 Å². The summed E-state index contributed by atoms with van der Waals surface area (Å²) in [7, 11) is 3.28. The lowest BCUT2D eigenvalue weighted by Gasteiger charge is -2.15. The van der Waals surface area contributed by atoms with Crippen LogP contribution in [0.1, 0.15) is 5.56 Å². The topological polar surface area (TPSA) is 64.8 Å². The molecule has 1 amide bonds. The van der Waals surface area contributed by atoms with Gasteiger partial charge in [-0.1, -0.05) is 12.1 Å². The number of amides is 1. The van der Waals surface area contributed by atoms with Gasteiger partial charge in [-0.15, -0.1) is 0 Å². The normalized spacial score (nSPS) is 22.7. The molecular formula is C14H20N2O3. The van der Waals surface area contributed by atoms with Crippen LogP contribution < -0.4 is 5.73 Å². The molecule has 0 bridgehead atoms. The van der Waals surface area contributed by atoms with E-state index in [1.807, 2.05) is 24.3 Å². The lowest BCUT2D eigenvalue weighted by molar-refractivity contribution is -0.130. The van der Waals surface area contributed by atoms with E-state index in [0.717, 1.165) is 5.56 Å². The van der Waals surface area contributed by atoms with Gasteiger partial charge in [0, 0.05) is 33.0 Å². The first kappa shape index (κ1) is 13.8. The van der Waals surface area contributed by atoms with Crippen LogP contribution in [0.2, 0.25) is 0 Å². The van der Waals surface area contributed by atoms with Crippen molar-refractivity contribution in [2.45, 2.75) is 18.6 Å². The van der Waals surface area contributed by atoms with Crippen LogP contribution in [0.25, 0.3) is 0 Å². The van der Waals surface area contributed by atoms with Gasteiger partial charge in [0.15, 0.2) is 0 Å². The molecule has 0 radical (unpaired) electrons. The number of rotatable bonds is 4. The van der Waals surface area contributed by atoms with Crippen molar-refractivity contribution >= 4 is 11.6 Å². The number of hydrogen-bond acceptors (Lipinski definition) is 4. The van der Waals surface area contributed by atoms with Gasteiger partial charge in [0.2, 0.25) is 5.91 Å². The molecule has 2 unspecified atom stereocenters. The number of methoxy groups -OCH3 is 2. The molecule has 1 aromatic carbocycles. The van der Waals surface area contributed by atoms with Gasteiger partial charge < -0.3 is 20.1 Å². The van der Waals surface area contributed by atoms with Gasteiger partial charge in [-0.05, 0) is 17.7 Å². The third-order valence-corrected chi connectivity index (χ3v) is 3.48. The summed E-state index contributed by atoms with van der Waals surface area (Å²) < 4.78 is 10.7. The summed E-state index contributed by atoms with van der Waals surface area (Å²) in [4.78, 5) is 14.0. The van der Waals surface area contributed by atoms with Crippen LogP contribution in [0.5, 0.6) is 0 Å². The number of anilines is 1. The van der Waals surface area contributed by atoms with E-state index in [1.165, 1.54) is 0 Å². The molecule has 0 spiro atoms. The maximum Gasteiger partial charge on any atom is 0.227 e. The molecule has 2 N–H and O–H groups in total. The minimum atomic E-state index is -0.0465. The number of nitrogen functional groups attached to an aromatic ring is 1. The van der Waals surface area contributed by atoms with Crippen molar-refractivity contribution in [1.29, 1.82) is 0 Å². The number of nitrogens with two attached hydrogens (primary N) is 1. The van der Waals surface area contributed by atoms with E-state index < -0.39 is 0 Å². The van der Waals surface area contributed by atoms with Crippen LogP contribution in [-0.4, -0.2) is 50.3 Å². The van der Waals surface area contributed by atoms with Crippen LogP contribution in [0.3, 0.4) is 0 Å². The van der Waals surface area contributed by atoms with Crippen LogP contribution in [-0.2, 0) is 20.7 Å². The molecule has 19 heavy (non-hydrogen) atoms. The van der Waals surface area contributed by atoms with Crippen molar-refractivity contribution in [2.24, 2.45) is 0 Å². The molecule has 0 saturated carbocycles. The lowest BCUT2D eigenvalue weighted by Crippen LogP contribution is -2.31. The summed E-state index contributed by atoms with van der Waals surface area (Å²) in [5.74, 6) is 0.0761. The van der Waals surface area contributed by atoms with E-state index in [2.05, 4.69) is 0 Å². The van der Waals surface area contributed by atoms with Crippen molar-refractivity contribution in [1.82, 2.24) is 4.90 Å². The Morgan fingerprint density at radius 1 is 1.32 bits per heavy atom. The van der Waals surface area contributed by atoms with E-state index in [4.69, 9.17) is 15.2 Å². The van der Waals surface area contributed by atoms with Crippen LogP contribution >= 0.6 is 0 Å². The van der Waals surface area contributed by atoms with Gasteiger partial charge in [-0.25, -0.2) is 0 Å². The molecule has 2 rings (SSSR count). The van der Waals surface area contributed by atoms with Gasteiger partial charge >= 0.3 is 0 Å². The summed E-state index contributed by atoms with van der Waals surface area (Å²) in [6, 6.07) is 7.41. The Balaban J connectivity index is 1.98. The van der Waals surface area contributed by atoms with Crippen molar-refractivity contribution < 1.29 is 14.3 Å².